The van der Waals surface area contributed by atoms with Crippen molar-refractivity contribution in [3.05, 3.63) is 0 Å². The lowest BCUT2D eigenvalue weighted by Gasteiger charge is -2.43. The van der Waals surface area contributed by atoms with Gasteiger partial charge in [0.1, 0.15) is 0 Å². The third kappa shape index (κ3) is 3.48. The summed E-state index contributed by atoms with van der Waals surface area (Å²) in [5, 5.41) is 3.84. The standard InChI is InChI=1S/C16H32N2/c1-13(2)15-7-4-9-16(11-15,12-17)18-10-8-14-5-3-6-14/h13-15,18H,3-12,17H2,1-2H3. The molecule has 0 heterocycles. The SMILES string of the molecule is CC(C)C1CCCC(CN)(NCCC2CCC2)C1. The van der Waals surface area contributed by atoms with Crippen molar-refractivity contribution in [3.8, 4) is 0 Å². The molecule has 2 unspecified atom stereocenters. The van der Waals surface area contributed by atoms with Gasteiger partial charge < -0.3 is 11.1 Å². The Morgan fingerprint density at radius 1 is 1.22 bits per heavy atom. The van der Waals surface area contributed by atoms with Crippen molar-refractivity contribution >= 4 is 0 Å². The molecular weight excluding hydrogens is 220 g/mol. The summed E-state index contributed by atoms with van der Waals surface area (Å²) in [6, 6.07) is 0. The normalized spacial score (nSPS) is 33.7. The van der Waals surface area contributed by atoms with Crippen molar-refractivity contribution in [3.63, 3.8) is 0 Å². The largest absolute Gasteiger partial charge is 0.329 e. The summed E-state index contributed by atoms with van der Waals surface area (Å²) in [4.78, 5) is 0. The van der Waals surface area contributed by atoms with Crippen LogP contribution in [0.4, 0.5) is 0 Å². The van der Waals surface area contributed by atoms with Gasteiger partial charge in [-0.3, -0.25) is 0 Å². The van der Waals surface area contributed by atoms with E-state index in [2.05, 4.69) is 19.2 Å². The van der Waals surface area contributed by atoms with E-state index in [-0.39, 0.29) is 5.54 Å². The Hall–Kier alpha value is -0.0800. The highest BCUT2D eigenvalue weighted by Crippen LogP contribution is 2.36. The maximum Gasteiger partial charge on any atom is 0.0306 e. The van der Waals surface area contributed by atoms with Crippen LogP contribution in [0.2, 0.25) is 0 Å². The monoisotopic (exact) mass is 252 g/mol. The van der Waals surface area contributed by atoms with Crippen LogP contribution in [0.1, 0.15) is 65.2 Å². The van der Waals surface area contributed by atoms with Gasteiger partial charge in [0.05, 0.1) is 0 Å². The number of rotatable bonds is 6. The Labute approximate surface area is 113 Å². The van der Waals surface area contributed by atoms with Gasteiger partial charge in [0, 0.05) is 12.1 Å². The van der Waals surface area contributed by atoms with Crippen molar-refractivity contribution in [1.29, 1.82) is 0 Å². The van der Waals surface area contributed by atoms with E-state index in [4.69, 9.17) is 5.73 Å². The van der Waals surface area contributed by atoms with E-state index in [0.717, 1.165) is 24.3 Å². The average molecular weight is 252 g/mol. The lowest BCUT2D eigenvalue weighted by atomic mass is 9.71. The highest BCUT2D eigenvalue weighted by molar-refractivity contribution is 4.95. The number of nitrogens with one attached hydrogen (secondary N) is 1. The molecule has 2 saturated carbocycles. The van der Waals surface area contributed by atoms with Crippen molar-refractivity contribution in [1.82, 2.24) is 5.32 Å². The Balaban J connectivity index is 1.79. The zero-order chi connectivity index (χ0) is 13.0. The first-order chi connectivity index (χ1) is 8.65. The molecule has 0 spiro atoms. The van der Waals surface area contributed by atoms with Crippen LogP contribution in [0.5, 0.6) is 0 Å². The third-order valence-electron chi connectivity index (χ3n) is 5.49. The molecule has 2 aliphatic carbocycles. The molecule has 0 saturated heterocycles. The topological polar surface area (TPSA) is 38.0 Å². The second kappa shape index (κ2) is 6.38. The predicted molar refractivity (Wildman–Crippen MR) is 78.5 cm³/mol. The van der Waals surface area contributed by atoms with Gasteiger partial charge in [0.25, 0.3) is 0 Å². The molecule has 0 radical (unpaired) electrons. The molecule has 0 aromatic carbocycles. The van der Waals surface area contributed by atoms with Gasteiger partial charge in [-0.15, -0.1) is 0 Å². The van der Waals surface area contributed by atoms with Gasteiger partial charge in [-0.25, -0.2) is 0 Å². The van der Waals surface area contributed by atoms with Crippen LogP contribution in [0.3, 0.4) is 0 Å². The molecule has 3 N–H and O–H groups in total. The fraction of sp³-hybridized carbons (Fsp3) is 1.00. The Morgan fingerprint density at radius 3 is 2.56 bits per heavy atom. The van der Waals surface area contributed by atoms with E-state index in [1.165, 1.54) is 57.9 Å². The van der Waals surface area contributed by atoms with Crippen molar-refractivity contribution < 1.29 is 0 Å². The maximum atomic E-state index is 6.10. The molecule has 2 nitrogen and oxygen atoms in total. The summed E-state index contributed by atoms with van der Waals surface area (Å²) < 4.78 is 0. The molecule has 0 bridgehead atoms. The molecule has 2 fully saturated rings. The second-order valence-electron chi connectivity index (χ2n) is 7.10. The van der Waals surface area contributed by atoms with Gasteiger partial charge in [0.2, 0.25) is 0 Å². The zero-order valence-electron chi connectivity index (χ0n) is 12.4. The van der Waals surface area contributed by atoms with Gasteiger partial charge in [-0.05, 0) is 43.6 Å². The van der Waals surface area contributed by atoms with E-state index in [1.807, 2.05) is 0 Å². The lowest BCUT2D eigenvalue weighted by Crippen LogP contribution is -2.55. The van der Waals surface area contributed by atoms with Crippen molar-refractivity contribution in [2.75, 3.05) is 13.1 Å². The Kier molecular flexibility index (Phi) is 5.08. The van der Waals surface area contributed by atoms with Gasteiger partial charge in [-0.1, -0.05) is 46.0 Å². The molecule has 18 heavy (non-hydrogen) atoms. The summed E-state index contributed by atoms with van der Waals surface area (Å²) >= 11 is 0. The molecule has 0 aromatic rings. The first-order valence-corrected chi connectivity index (χ1v) is 8.10. The van der Waals surface area contributed by atoms with E-state index >= 15 is 0 Å². The zero-order valence-corrected chi connectivity index (χ0v) is 12.4. The number of hydrogen-bond acceptors (Lipinski definition) is 2. The van der Waals surface area contributed by atoms with Gasteiger partial charge in [0.15, 0.2) is 0 Å². The van der Waals surface area contributed by atoms with Crippen molar-refractivity contribution in [2.45, 2.75) is 70.8 Å². The molecule has 0 aromatic heterocycles. The minimum absolute atomic E-state index is 0.261. The minimum atomic E-state index is 0.261. The fourth-order valence-electron chi connectivity index (χ4n) is 3.72. The summed E-state index contributed by atoms with van der Waals surface area (Å²) in [7, 11) is 0. The van der Waals surface area contributed by atoms with Crippen LogP contribution in [-0.2, 0) is 0 Å². The van der Waals surface area contributed by atoms with Crippen LogP contribution in [0.25, 0.3) is 0 Å². The average Bonchev–Trinajstić information content (AvgIpc) is 2.32. The second-order valence-corrected chi connectivity index (χ2v) is 7.10. The van der Waals surface area contributed by atoms with Crippen LogP contribution >= 0.6 is 0 Å². The van der Waals surface area contributed by atoms with E-state index in [9.17, 15) is 0 Å². The lowest BCUT2D eigenvalue weighted by molar-refractivity contribution is 0.148. The summed E-state index contributed by atoms with van der Waals surface area (Å²) in [5.74, 6) is 2.69. The minimum Gasteiger partial charge on any atom is -0.329 e. The molecule has 2 atom stereocenters. The summed E-state index contributed by atoms with van der Waals surface area (Å²) in [6.07, 6.45) is 11.1. The number of nitrogens with two attached hydrogens (primary N) is 1. The molecule has 2 heteroatoms. The summed E-state index contributed by atoms with van der Waals surface area (Å²) in [5.41, 5.74) is 6.36. The van der Waals surface area contributed by atoms with Gasteiger partial charge in [-0.2, -0.15) is 0 Å². The molecule has 106 valence electrons. The smallest absolute Gasteiger partial charge is 0.0306 e. The molecule has 2 aliphatic rings. The van der Waals surface area contributed by atoms with Crippen LogP contribution in [0, 0.1) is 17.8 Å². The quantitative estimate of drug-likeness (QED) is 0.761. The maximum absolute atomic E-state index is 6.10. The molecule has 2 rings (SSSR count). The first kappa shape index (κ1) is 14.3. The Morgan fingerprint density at radius 2 is 2.00 bits per heavy atom. The highest BCUT2D eigenvalue weighted by atomic mass is 15.0. The molecule has 0 aliphatic heterocycles. The van der Waals surface area contributed by atoms with Crippen LogP contribution in [0.15, 0.2) is 0 Å². The molecule has 0 amide bonds. The predicted octanol–water partition coefficient (Wildman–Crippen LogP) is 3.31. The van der Waals surface area contributed by atoms with Crippen LogP contribution < -0.4 is 11.1 Å². The van der Waals surface area contributed by atoms with E-state index < -0.39 is 0 Å². The highest BCUT2D eigenvalue weighted by Gasteiger charge is 2.35. The van der Waals surface area contributed by atoms with E-state index in [0.29, 0.717) is 0 Å². The molecular formula is C16H32N2. The Bertz CT molecular complexity index is 247. The van der Waals surface area contributed by atoms with Crippen molar-refractivity contribution in [2.24, 2.45) is 23.5 Å². The summed E-state index contributed by atoms with van der Waals surface area (Å²) in [6.45, 7) is 6.74. The number of hydrogen-bond donors (Lipinski definition) is 2. The van der Waals surface area contributed by atoms with Gasteiger partial charge >= 0.3 is 0 Å². The third-order valence-corrected chi connectivity index (χ3v) is 5.49. The van der Waals surface area contributed by atoms with Crippen LogP contribution in [-0.4, -0.2) is 18.6 Å². The van der Waals surface area contributed by atoms with E-state index in [1.54, 1.807) is 0 Å². The fourth-order valence-corrected chi connectivity index (χ4v) is 3.72. The first-order valence-electron chi connectivity index (χ1n) is 8.10.